The van der Waals surface area contributed by atoms with E-state index in [0.717, 1.165) is 35.7 Å². The first-order valence-corrected chi connectivity index (χ1v) is 7.20. The second-order valence-corrected chi connectivity index (χ2v) is 4.90. The third-order valence-corrected chi connectivity index (χ3v) is 3.69. The molecule has 0 unspecified atom stereocenters. The van der Waals surface area contributed by atoms with Crippen LogP contribution in [0.5, 0.6) is 0 Å². The summed E-state index contributed by atoms with van der Waals surface area (Å²) in [7, 11) is 0. The maximum absolute atomic E-state index is 6.35. The second-order valence-electron chi connectivity index (χ2n) is 4.90. The van der Waals surface area contributed by atoms with Crippen LogP contribution in [0.25, 0.3) is 0 Å². The molecule has 0 spiro atoms. The molecule has 2 aromatic rings. The van der Waals surface area contributed by atoms with E-state index in [4.69, 9.17) is 10.7 Å². The summed E-state index contributed by atoms with van der Waals surface area (Å²) in [5.41, 5.74) is 9.57. The topological polar surface area (TPSA) is 42.1 Å². The predicted octanol–water partition coefficient (Wildman–Crippen LogP) is 3.28. The number of hydrogen-bond donors (Lipinski definition) is 1. The van der Waals surface area contributed by atoms with Crippen molar-refractivity contribution in [2.75, 3.05) is 18.0 Å². The van der Waals surface area contributed by atoms with Gasteiger partial charge >= 0.3 is 0 Å². The molecule has 106 valence electrons. The van der Waals surface area contributed by atoms with Crippen LogP contribution in [-0.4, -0.2) is 18.1 Å². The van der Waals surface area contributed by atoms with E-state index in [1.54, 1.807) is 0 Å². The Kier molecular flexibility index (Phi) is 4.74. The molecule has 0 fully saturated rings. The van der Waals surface area contributed by atoms with Crippen molar-refractivity contribution in [3.05, 3.63) is 59.3 Å². The van der Waals surface area contributed by atoms with Crippen molar-refractivity contribution in [1.29, 1.82) is 0 Å². The highest BCUT2D eigenvalue weighted by Gasteiger charge is 2.13. The zero-order valence-corrected chi connectivity index (χ0v) is 12.5. The summed E-state index contributed by atoms with van der Waals surface area (Å²) >= 11 is 0. The molecule has 1 atom stereocenters. The molecular formula is C17H23N3. The fourth-order valence-corrected chi connectivity index (χ4v) is 2.45. The summed E-state index contributed by atoms with van der Waals surface area (Å²) in [5.74, 6) is 1.02. The van der Waals surface area contributed by atoms with Crippen LogP contribution in [0.1, 0.15) is 36.7 Å². The summed E-state index contributed by atoms with van der Waals surface area (Å²) in [6.45, 7) is 8.25. The molecule has 1 aromatic carbocycles. The number of nitrogens with two attached hydrogens (primary N) is 1. The Labute approximate surface area is 121 Å². The molecule has 0 radical (unpaired) electrons. The van der Waals surface area contributed by atoms with E-state index in [2.05, 4.69) is 43.0 Å². The molecular weight excluding hydrogens is 246 g/mol. The van der Waals surface area contributed by atoms with E-state index in [-0.39, 0.29) is 6.04 Å². The summed E-state index contributed by atoms with van der Waals surface area (Å²) in [4.78, 5) is 6.95. The van der Waals surface area contributed by atoms with Gasteiger partial charge in [0, 0.05) is 18.8 Å². The molecule has 0 aliphatic carbocycles. The SMILES string of the molecule is CCN(CC)c1ccc([C@@H](N)c2ccccc2)c(C)n1. The van der Waals surface area contributed by atoms with Crippen molar-refractivity contribution in [2.45, 2.75) is 26.8 Å². The van der Waals surface area contributed by atoms with Gasteiger partial charge in [-0.25, -0.2) is 4.98 Å². The normalized spacial score (nSPS) is 12.2. The highest BCUT2D eigenvalue weighted by atomic mass is 15.2. The second kappa shape index (κ2) is 6.53. The van der Waals surface area contributed by atoms with Gasteiger partial charge in [0.25, 0.3) is 0 Å². The van der Waals surface area contributed by atoms with Gasteiger partial charge in [-0.3, -0.25) is 0 Å². The molecule has 0 bridgehead atoms. The lowest BCUT2D eigenvalue weighted by Crippen LogP contribution is -2.23. The lowest BCUT2D eigenvalue weighted by atomic mass is 9.98. The molecule has 1 aromatic heterocycles. The third-order valence-electron chi connectivity index (χ3n) is 3.69. The quantitative estimate of drug-likeness (QED) is 0.905. The van der Waals surface area contributed by atoms with Crippen LogP contribution in [0.15, 0.2) is 42.5 Å². The smallest absolute Gasteiger partial charge is 0.128 e. The van der Waals surface area contributed by atoms with Crippen molar-refractivity contribution in [2.24, 2.45) is 5.73 Å². The highest BCUT2D eigenvalue weighted by molar-refractivity contribution is 5.44. The largest absolute Gasteiger partial charge is 0.357 e. The lowest BCUT2D eigenvalue weighted by Gasteiger charge is -2.22. The Morgan fingerprint density at radius 1 is 1.05 bits per heavy atom. The molecule has 20 heavy (non-hydrogen) atoms. The Hall–Kier alpha value is -1.87. The van der Waals surface area contributed by atoms with Crippen LogP contribution in [0, 0.1) is 6.92 Å². The lowest BCUT2D eigenvalue weighted by molar-refractivity contribution is 0.818. The number of hydrogen-bond acceptors (Lipinski definition) is 3. The molecule has 3 heteroatoms. The monoisotopic (exact) mass is 269 g/mol. The predicted molar refractivity (Wildman–Crippen MR) is 85.0 cm³/mol. The fourth-order valence-electron chi connectivity index (χ4n) is 2.45. The van der Waals surface area contributed by atoms with E-state index in [9.17, 15) is 0 Å². The fraction of sp³-hybridized carbons (Fsp3) is 0.353. The Balaban J connectivity index is 2.30. The summed E-state index contributed by atoms with van der Waals surface area (Å²) in [5, 5.41) is 0. The molecule has 0 saturated heterocycles. The Morgan fingerprint density at radius 2 is 1.70 bits per heavy atom. The van der Waals surface area contributed by atoms with E-state index < -0.39 is 0 Å². The number of benzene rings is 1. The minimum atomic E-state index is -0.116. The third kappa shape index (κ3) is 2.99. The van der Waals surface area contributed by atoms with E-state index in [0.29, 0.717) is 0 Å². The van der Waals surface area contributed by atoms with Crippen LogP contribution in [0.2, 0.25) is 0 Å². The first-order valence-electron chi connectivity index (χ1n) is 7.20. The molecule has 0 saturated carbocycles. The maximum atomic E-state index is 6.35. The summed E-state index contributed by atoms with van der Waals surface area (Å²) < 4.78 is 0. The number of aryl methyl sites for hydroxylation is 1. The van der Waals surface area contributed by atoms with Gasteiger partial charge in [-0.1, -0.05) is 36.4 Å². The van der Waals surface area contributed by atoms with Gasteiger partial charge in [0.05, 0.1) is 6.04 Å². The van der Waals surface area contributed by atoms with Crippen LogP contribution in [0.4, 0.5) is 5.82 Å². The van der Waals surface area contributed by atoms with Crippen LogP contribution in [0.3, 0.4) is 0 Å². The van der Waals surface area contributed by atoms with E-state index >= 15 is 0 Å². The Bertz CT molecular complexity index is 547. The summed E-state index contributed by atoms with van der Waals surface area (Å²) in [6.07, 6.45) is 0. The van der Waals surface area contributed by atoms with Gasteiger partial charge in [-0.05, 0) is 38.0 Å². The molecule has 2 N–H and O–H groups in total. The van der Waals surface area contributed by atoms with Gasteiger partial charge in [0.15, 0.2) is 0 Å². The Morgan fingerprint density at radius 3 is 2.25 bits per heavy atom. The summed E-state index contributed by atoms with van der Waals surface area (Å²) in [6, 6.07) is 14.2. The van der Waals surface area contributed by atoms with Crippen molar-refractivity contribution < 1.29 is 0 Å². The molecule has 0 aliphatic rings. The van der Waals surface area contributed by atoms with Crippen molar-refractivity contribution >= 4 is 5.82 Å². The van der Waals surface area contributed by atoms with E-state index in [1.165, 1.54) is 0 Å². The van der Waals surface area contributed by atoms with Gasteiger partial charge in [0.1, 0.15) is 5.82 Å². The zero-order chi connectivity index (χ0) is 14.5. The first kappa shape index (κ1) is 14.5. The van der Waals surface area contributed by atoms with Crippen molar-refractivity contribution in [3.63, 3.8) is 0 Å². The number of pyridine rings is 1. The standard InChI is InChI=1S/C17H23N3/c1-4-20(5-2)16-12-11-15(13(3)19-16)17(18)14-9-7-6-8-10-14/h6-12,17H,4-5,18H2,1-3H3/t17-/m0/s1. The number of anilines is 1. The minimum Gasteiger partial charge on any atom is -0.357 e. The zero-order valence-electron chi connectivity index (χ0n) is 12.5. The average Bonchev–Trinajstić information content (AvgIpc) is 2.49. The number of rotatable bonds is 5. The van der Waals surface area contributed by atoms with Gasteiger partial charge in [-0.15, -0.1) is 0 Å². The average molecular weight is 269 g/mol. The molecule has 0 aliphatic heterocycles. The van der Waals surface area contributed by atoms with Crippen LogP contribution < -0.4 is 10.6 Å². The number of aromatic nitrogens is 1. The van der Waals surface area contributed by atoms with Crippen LogP contribution >= 0.6 is 0 Å². The number of nitrogens with zero attached hydrogens (tertiary/aromatic N) is 2. The van der Waals surface area contributed by atoms with Gasteiger partial charge in [-0.2, -0.15) is 0 Å². The molecule has 0 amide bonds. The first-order chi connectivity index (χ1) is 9.67. The van der Waals surface area contributed by atoms with E-state index in [1.807, 2.05) is 25.1 Å². The minimum absolute atomic E-state index is 0.116. The molecule has 2 rings (SSSR count). The molecule has 3 nitrogen and oxygen atoms in total. The highest BCUT2D eigenvalue weighted by Crippen LogP contribution is 2.23. The van der Waals surface area contributed by atoms with Crippen LogP contribution in [-0.2, 0) is 0 Å². The molecule has 1 heterocycles. The van der Waals surface area contributed by atoms with Gasteiger partial charge < -0.3 is 10.6 Å². The van der Waals surface area contributed by atoms with Crippen molar-refractivity contribution in [3.8, 4) is 0 Å². The van der Waals surface area contributed by atoms with Gasteiger partial charge in [0.2, 0.25) is 0 Å². The maximum Gasteiger partial charge on any atom is 0.128 e. The van der Waals surface area contributed by atoms with Crippen molar-refractivity contribution in [1.82, 2.24) is 4.98 Å².